The Kier molecular flexibility index (Phi) is 7.85. The Morgan fingerprint density at radius 1 is 1.00 bits per heavy atom. The summed E-state index contributed by atoms with van der Waals surface area (Å²) in [6.45, 7) is 8.38. The van der Waals surface area contributed by atoms with Crippen LogP contribution in [0.15, 0.2) is 48.5 Å². The molecule has 0 fully saturated rings. The van der Waals surface area contributed by atoms with Crippen LogP contribution in [0, 0.1) is 6.92 Å². The summed E-state index contributed by atoms with van der Waals surface area (Å²) in [4.78, 5) is 12.6. The number of carbonyl (C=O) groups excluding carboxylic acids is 1. The summed E-state index contributed by atoms with van der Waals surface area (Å²) in [6, 6.07) is 14.8. The molecule has 0 radical (unpaired) electrons. The van der Waals surface area contributed by atoms with Crippen molar-refractivity contribution in [2.75, 3.05) is 17.1 Å². The third-order valence-electron chi connectivity index (χ3n) is 4.96. The van der Waals surface area contributed by atoms with Crippen LogP contribution in [0.25, 0.3) is 0 Å². The molecule has 0 aliphatic heterocycles. The highest BCUT2D eigenvalue weighted by Gasteiger charge is 2.28. The van der Waals surface area contributed by atoms with E-state index in [0.717, 1.165) is 24.7 Å². The van der Waals surface area contributed by atoms with E-state index in [2.05, 4.69) is 43.4 Å². The monoisotopic (exact) mass is 416 g/mol. The minimum atomic E-state index is -3.59. The highest BCUT2D eigenvalue weighted by Crippen LogP contribution is 2.21. The molecular weight excluding hydrogens is 384 g/mol. The van der Waals surface area contributed by atoms with Crippen LogP contribution in [-0.4, -0.2) is 33.2 Å². The smallest absolute Gasteiger partial charge is 0.243 e. The molecule has 0 heterocycles. The molecule has 0 bridgehead atoms. The second-order valence-electron chi connectivity index (χ2n) is 7.86. The van der Waals surface area contributed by atoms with Gasteiger partial charge in [-0.1, -0.05) is 55.8 Å². The number of rotatable bonds is 9. The lowest BCUT2D eigenvalue weighted by molar-refractivity contribution is -0.121. The van der Waals surface area contributed by atoms with Gasteiger partial charge in [-0.05, 0) is 55.9 Å². The van der Waals surface area contributed by atoms with Gasteiger partial charge < -0.3 is 5.32 Å². The summed E-state index contributed by atoms with van der Waals surface area (Å²) < 4.78 is 25.8. The van der Waals surface area contributed by atoms with Gasteiger partial charge in [0, 0.05) is 6.54 Å². The van der Waals surface area contributed by atoms with Crippen LogP contribution in [-0.2, 0) is 21.2 Å². The molecule has 0 spiro atoms. The van der Waals surface area contributed by atoms with Gasteiger partial charge in [-0.25, -0.2) is 8.42 Å². The van der Waals surface area contributed by atoms with E-state index in [1.165, 1.54) is 15.4 Å². The lowest BCUT2D eigenvalue weighted by Crippen LogP contribution is -2.48. The SMILES string of the molecule is Cc1ccc(N(C(C)C(=O)NCCCc2ccc(C(C)C)cc2)S(C)(=O)=O)cc1. The second kappa shape index (κ2) is 9.92. The minimum absolute atomic E-state index is 0.300. The number of hydrogen-bond donors (Lipinski definition) is 1. The van der Waals surface area contributed by atoms with E-state index in [1.54, 1.807) is 19.1 Å². The van der Waals surface area contributed by atoms with E-state index in [1.807, 2.05) is 19.1 Å². The number of anilines is 1. The minimum Gasteiger partial charge on any atom is -0.354 e. The highest BCUT2D eigenvalue weighted by atomic mass is 32.2. The third-order valence-corrected chi connectivity index (χ3v) is 6.21. The van der Waals surface area contributed by atoms with Gasteiger partial charge in [-0.3, -0.25) is 9.10 Å². The average molecular weight is 417 g/mol. The Morgan fingerprint density at radius 3 is 2.10 bits per heavy atom. The van der Waals surface area contributed by atoms with E-state index in [0.29, 0.717) is 18.2 Å². The summed E-state index contributed by atoms with van der Waals surface area (Å²) >= 11 is 0. The van der Waals surface area contributed by atoms with Gasteiger partial charge in [0.1, 0.15) is 6.04 Å². The first-order valence-corrected chi connectivity index (χ1v) is 11.9. The van der Waals surface area contributed by atoms with Gasteiger partial charge in [0.25, 0.3) is 0 Å². The molecule has 0 aliphatic carbocycles. The molecule has 1 atom stereocenters. The van der Waals surface area contributed by atoms with Crippen LogP contribution in [0.1, 0.15) is 49.8 Å². The maximum Gasteiger partial charge on any atom is 0.243 e. The largest absolute Gasteiger partial charge is 0.354 e. The van der Waals surface area contributed by atoms with Gasteiger partial charge in [0.05, 0.1) is 11.9 Å². The van der Waals surface area contributed by atoms with Gasteiger partial charge in [0.2, 0.25) is 15.9 Å². The molecule has 29 heavy (non-hydrogen) atoms. The first-order valence-electron chi connectivity index (χ1n) is 10.0. The van der Waals surface area contributed by atoms with Crippen molar-refractivity contribution in [1.82, 2.24) is 5.32 Å². The van der Waals surface area contributed by atoms with Gasteiger partial charge in [0.15, 0.2) is 0 Å². The summed E-state index contributed by atoms with van der Waals surface area (Å²) in [5, 5.41) is 2.87. The average Bonchev–Trinajstić information content (AvgIpc) is 2.66. The molecule has 1 unspecified atom stereocenters. The number of aryl methyl sites for hydroxylation is 2. The van der Waals surface area contributed by atoms with Crippen molar-refractivity contribution in [1.29, 1.82) is 0 Å². The van der Waals surface area contributed by atoms with Crippen LogP contribution >= 0.6 is 0 Å². The lowest BCUT2D eigenvalue weighted by atomic mass is 10.0. The van der Waals surface area contributed by atoms with Crippen LogP contribution in [0.3, 0.4) is 0 Å². The lowest BCUT2D eigenvalue weighted by Gasteiger charge is -2.28. The molecular formula is C23H32N2O3S. The Bertz CT molecular complexity index is 904. The van der Waals surface area contributed by atoms with Crippen molar-refractivity contribution >= 4 is 21.6 Å². The van der Waals surface area contributed by atoms with Gasteiger partial charge >= 0.3 is 0 Å². The van der Waals surface area contributed by atoms with Crippen LogP contribution in [0.2, 0.25) is 0 Å². The molecule has 0 saturated carbocycles. The Morgan fingerprint density at radius 2 is 1.59 bits per heavy atom. The van der Waals surface area contributed by atoms with E-state index in [4.69, 9.17) is 0 Å². The van der Waals surface area contributed by atoms with Crippen molar-refractivity contribution < 1.29 is 13.2 Å². The zero-order chi connectivity index (χ0) is 21.6. The summed E-state index contributed by atoms with van der Waals surface area (Å²) in [5.41, 5.74) is 4.06. The number of hydrogen-bond acceptors (Lipinski definition) is 3. The first-order chi connectivity index (χ1) is 13.6. The van der Waals surface area contributed by atoms with E-state index >= 15 is 0 Å². The number of benzene rings is 2. The maximum absolute atomic E-state index is 12.6. The molecule has 0 aliphatic rings. The molecule has 1 amide bonds. The van der Waals surface area contributed by atoms with Crippen LogP contribution in [0.5, 0.6) is 0 Å². The molecule has 1 N–H and O–H groups in total. The molecule has 5 nitrogen and oxygen atoms in total. The van der Waals surface area contributed by atoms with Crippen molar-refractivity contribution in [2.24, 2.45) is 0 Å². The number of carbonyl (C=O) groups is 1. The topological polar surface area (TPSA) is 66.5 Å². The molecule has 0 aromatic heterocycles. The van der Waals surface area contributed by atoms with Crippen molar-refractivity contribution in [3.8, 4) is 0 Å². The van der Waals surface area contributed by atoms with Crippen LogP contribution in [0.4, 0.5) is 5.69 Å². The zero-order valence-electron chi connectivity index (χ0n) is 18.0. The predicted octanol–water partition coefficient (Wildman–Crippen LogP) is 4.02. The predicted molar refractivity (Wildman–Crippen MR) is 120 cm³/mol. The summed E-state index contributed by atoms with van der Waals surface area (Å²) in [5.74, 6) is 0.210. The maximum atomic E-state index is 12.6. The number of nitrogens with one attached hydrogen (secondary N) is 1. The van der Waals surface area contributed by atoms with Crippen molar-refractivity contribution in [3.63, 3.8) is 0 Å². The van der Waals surface area contributed by atoms with Gasteiger partial charge in [-0.2, -0.15) is 0 Å². The number of amides is 1. The molecule has 2 aromatic carbocycles. The molecule has 0 saturated heterocycles. The molecule has 2 rings (SSSR count). The third kappa shape index (κ3) is 6.60. The normalized spacial score (nSPS) is 12.6. The Balaban J connectivity index is 1.93. The van der Waals surface area contributed by atoms with E-state index in [-0.39, 0.29) is 5.91 Å². The van der Waals surface area contributed by atoms with Crippen molar-refractivity contribution in [3.05, 3.63) is 65.2 Å². The summed E-state index contributed by atoms with van der Waals surface area (Å²) in [6.07, 6.45) is 2.78. The van der Waals surface area contributed by atoms with E-state index < -0.39 is 16.1 Å². The molecule has 2 aromatic rings. The van der Waals surface area contributed by atoms with Crippen molar-refractivity contribution in [2.45, 2.75) is 52.5 Å². The fraction of sp³-hybridized carbons (Fsp3) is 0.435. The highest BCUT2D eigenvalue weighted by molar-refractivity contribution is 7.92. The quantitative estimate of drug-likeness (QED) is 0.628. The first kappa shape index (κ1) is 22.9. The van der Waals surface area contributed by atoms with Gasteiger partial charge in [-0.15, -0.1) is 0 Å². The van der Waals surface area contributed by atoms with Crippen LogP contribution < -0.4 is 9.62 Å². The Hall–Kier alpha value is -2.34. The van der Waals surface area contributed by atoms with E-state index in [9.17, 15) is 13.2 Å². The fourth-order valence-corrected chi connectivity index (χ4v) is 4.40. The standard InChI is InChI=1S/C23H32N2O3S/c1-17(2)21-12-10-20(11-13-21)7-6-16-24-23(26)19(4)25(29(5,27)28)22-14-8-18(3)9-15-22/h8-15,17,19H,6-7,16H2,1-5H3,(H,24,26). The zero-order valence-corrected chi connectivity index (χ0v) is 18.8. The molecule has 158 valence electrons. The number of nitrogens with zero attached hydrogens (tertiary/aromatic N) is 1. The Labute approximate surface area is 175 Å². The summed E-state index contributed by atoms with van der Waals surface area (Å²) in [7, 11) is -3.59. The fourth-order valence-electron chi connectivity index (χ4n) is 3.22. The number of sulfonamides is 1. The second-order valence-corrected chi connectivity index (χ2v) is 9.72. The molecule has 6 heteroatoms.